The van der Waals surface area contributed by atoms with Crippen LogP contribution in [0, 0.1) is 13.8 Å². The van der Waals surface area contributed by atoms with Crippen LogP contribution < -0.4 is 0 Å². The van der Waals surface area contributed by atoms with Gasteiger partial charge in [-0.1, -0.05) is 35.9 Å². The van der Waals surface area contributed by atoms with Gasteiger partial charge in [-0.2, -0.15) is 4.31 Å². The van der Waals surface area contributed by atoms with E-state index in [4.69, 9.17) is 11.6 Å². The molecule has 0 spiro atoms. The second-order valence-corrected chi connectivity index (χ2v) is 8.39. The highest BCUT2D eigenvalue weighted by atomic mass is 35.5. The quantitative estimate of drug-likeness (QED) is 0.819. The van der Waals surface area contributed by atoms with Crippen LogP contribution in [0.3, 0.4) is 0 Å². The molecule has 122 valence electrons. The molecule has 0 saturated carbocycles. The van der Waals surface area contributed by atoms with Crippen molar-refractivity contribution in [1.29, 1.82) is 0 Å². The fourth-order valence-electron chi connectivity index (χ4n) is 3.16. The molecule has 2 aromatic rings. The van der Waals surface area contributed by atoms with E-state index in [0.717, 1.165) is 29.5 Å². The van der Waals surface area contributed by atoms with Crippen LogP contribution in [0.4, 0.5) is 0 Å². The van der Waals surface area contributed by atoms with E-state index in [-0.39, 0.29) is 6.04 Å². The van der Waals surface area contributed by atoms with Gasteiger partial charge in [-0.05, 0) is 61.6 Å². The molecule has 1 aliphatic heterocycles. The first kappa shape index (κ1) is 16.5. The lowest BCUT2D eigenvalue weighted by molar-refractivity contribution is 0.396. The number of hydrogen-bond donors (Lipinski definition) is 0. The average molecular weight is 350 g/mol. The summed E-state index contributed by atoms with van der Waals surface area (Å²) in [6.07, 6.45) is 1.71. The summed E-state index contributed by atoms with van der Waals surface area (Å²) in [5.74, 6) is 0. The zero-order valence-corrected chi connectivity index (χ0v) is 14.9. The number of aryl methyl sites for hydroxylation is 2. The molecule has 0 aliphatic carbocycles. The molecule has 1 heterocycles. The van der Waals surface area contributed by atoms with Crippen molar-refractivity contribution in [2.75, 3.05) is 6.54 Å². The third-order valence-corrected chi connectivity index (χ3v) is 6.69. The van der Waals surface area contributed by atoms with Crippen LogP contribution in [0.25, 0.3) is 0 Å². The maximum atomic E-state index is 13.2. The highest BCUT2D eigenvalue weighted by Crippen LogP contribution is 2.37. The summed E-state index contributed by atoms with van der Waals surface area (Å²) in [6, 6.07) is 12.9. The first-order chi connectivity index (χ1) is 10.9. The summed E-state index contributed by atoms with van der Waals surface area (Å²) in [6.45, 7) is 4.32. The molecule has 3 rings (SSSR count). The first-order valence-corrected chi connectivity index (χ1v) is 9.56. The molecule has 2 aromatic carbocycles. The largest absolute Gasteiger partial charge is 0.243 e. The molecule has 0 amide bonds. The lowest BCUT2D eigenvalue weighted by Crippen LogP contribution is -2.31. The fourth-order valence-corrected chi connectivity index (χ4v) is 5.28. The third-order valence-electron chi connectivity index (χ3n) is 4.39. The molecule has 23 heavy (non-hydrogen) atoms. The maximum absolute atomic E-state index is 13.2. The van der Waals surface area contributed by atoms with Crippen LogP contribution in [-0.4, -0.2) is 19.3 Å². The Morgan fingerprint density at radius 3 is 2.48 bits per heavy atom. The second-order valence-electron chi connectivity index (χ2n) is 6.09. The van der Waals surface area contributed by atoms with Gasteiger partial charge in [0.05, 0.1) is 10.9 Å². The van der Waals surface area contributed by atoms with Crippen LogP contribution in [0.2, 0.25) is 5.02 Å². The van der Waals surface area contributed by atoms with Gasteiger partial charge in [-0.3, -0.25) is 0 Å². The molecule has 1 aliphatic rings. The number of halogens is 1. The SMILES string of the molecule is Cc1ccc(C)c(S(=O)(=O)N2CCCC2c2ccc(Cl)cc2)c1. The van der Waals surface area contributed by atoms with Crippen molar-refractivity contribution in [2.45, 2.75) is 37.6 Å². The zero-order valence-electron chi connectivity index (χ0n) is 13.3. The Labute approximate surface area is 142 Å². The normalized spacial score (nSPS) is 19.2. The van der Waals surface area contributed by atoms with Crippen LogP contribution in [0.5, 0.6) is 0 Å². The molecule has 0 radical (unpaired) electrons. The Balaban J connectivity index is 2.01. The van der Waals surface area contributed by atoms with Crippen molar-refractivity contribution in [3.8, 4) is 0 Å². The molecule has 0 bridgehead atoms. The summed E-state index contributed by atoms with van der Waals surface area (Å²) in [5, 5.41) is 0.663. The summed E-state index contributed by atoms with van der Waals surface area (Å²) >= 11 is 5.95. The molecule has 1 saturated heterocycles. The van der Waals surface area contributed by atoms with Crippen molar-refractivity contribution in [1.82, 2.24) is 4.31 Å². The summed E-state index contributed by atoms with van der Waals surface area (Å²) in [5.41, 5.74) is 2.74. The van der Waals surface area contributed by atoms with Gasteiger partial charge in [0.15, 0.2) is 0 Å². The van der Waals surface area contributed by atoms with Crippen molar-refractivity contribution in [2.24, 2.45) is 0 Å². The number of sulfonamides is 1. The first-order valence-electron chi connectivity index (χ1n) is 7.74. The van der Waals surface area contributed by atoms with E-state index in [2.05, 4.69) is 0 Å². The molecule has 1 atom stereocenters. The molecular formula is C18H20ClNO2S. The lowest BCUT2D eigenvalue weighted by atomic mass is 10.1. The molecule has 5 heteroatoms. The number of rotatable bonds is 3. The smallest absolute Gasteiger partial charge is 0.207 e. The molecule has 0 N–H and O–H groups in total. The average Bonchev–Trinajstić information content (AvgIpc) is 3.00. The number of benzene rings is 2. The van der Waals surface area contributed by atoms with Crippen molar-refractivity contribution < 1.29 is 8.42 Å². The van der Waals surface area contributed by atoms with Gasteiger partial charge in [-0.25, -0.2) is 8.42 Å². The minimum absolute atomic E-state index is 0.114. The summed E-state index contributed by atoms with van der Waals surface area (Å²) in [7, 11) is -3.50. The van der Waals surface area contributed by atoms with Gasteiger partial charge in [0.1, 0.15) is 0 Å². The second kappa shape index (κ2) is 6.27. The summed E-state index contributed by atoms with van der Waals surface area (Å²) in [4.78, 5) is 0.415. The van der Waals surface area contributed by atoms with E-state index in [0.29, 0.717) is 16.5 Å². The van der Waals surface area contributed by atoms with Crippen molar-refractivity contribution >= 4 is 21.6 Å². The topological polar surface area (TPSA) is 37.4 Å². The highest BCUT2D eigenvalue weighted by molar-refractivity contribution is 7.89. The van der Waals surface area contributed by atoms with Crippen LogP contribution >= 0.6 is 11.6 Å². The van der Waals surface area contributed by atoms with Gasteiger partial charge in [0.2, 0.25) is 10.0 Å². The standard InChI is InChI=1S/C18H20ClNO2S/c1-13-5-6-14(2)18(12-13)23(21,22)20-11-3-4-17(20)15-7-9-16(19)10-8-15/h5-10,12,17H,3-4,11H2,1-2H3. The lowest BCUT2D eigenvalue weighted by Gasteiger charge is -2.25. The molecule has 1 fully saturated rings. The van der Waals surface area contributed by atoms with Gasteiger partial charge < -0.3 is 0 Å². The van der Waals surface area contributed by atoms with E-state index >= 15 is 0 Å². The molecule has 3 nitrogen and oxygen atoms in total. The Hall–Kier alpha value is -1.36. The number of hydrogen-bond acceptors (Lipinski definition) is 2. The van der Waals surface area contributed by atoms with Crippen LogP contribution in [0.15, 0.2) is 47.4 Å². The molecule has 1 unspecified atom stereocenters. The molecular weight excluding hydrogens is 330 g/mol. The monoisotopic (exact) mass is 349 g/mol. The summed E-state index contributed by atoms with van der Waals surface area (Å²) < 4.78 is 28.0. The predicted molar refractivity (Wildman–Crippen MR) is 93.2 cm³/mol. The van der Waals surface area contributed by atoms with E-state index in [1.54, 1.807) is 10.4 Å². The van der Waals surface area contributed by atoms with Crippen molar-refractivity contribution in [3.63, 3.8) is 0 Å². The van der Waals surface area contributed by atoms with E-state index in [9.17, 15) is 8.42 Å². The predicted octanol–water partition coefficient (Wildman–Crippen LogP) is 4.48. The third kappa shape index (κ3) is 3.16. The minimum atomic E-state index is -3.50. The minimum Gasteiger partial charge on any atom is -0.207 e. The van der Waals surface area contributed by atoms with Crippen LogP contribution in [0.1, 0.15) is 35.6 Å². The van der Waals surface area contributed by atoms with Gasteiger partial charge in [0.25, 0.3) is 0 Å². The number of nitrogens with zero attached hydrogens (tertiary/aromatic N) is 1. The van der Waals surface area contributed by atoms with E-state index in [1.165, 1.54) is 0 Å². The maximum Gasteiger partial charge on any atom is 0.243 e. The van der Waals surface area contributed by atoms with Gasteiger partial charge >= 0.3 is 0 Å². The van der Waals surface area contributed by atoms with Crippen molar-refractivity contribution in [3.05, 3.63) is 64.2 Å². The van der Waals surface area contributed by atoms with E-state index < -0.39 is 10.0 Å². The fraction of sp³-hybridized carbons (Fsp3) is 0.333. The molecule has 0 aromatic heterocycles. The highest BCUT2D eigenvalue weighted by Gasteiger charge is 2.36. The Bertz CT molecular complexity index is 815. The Morgan fingerprint density at radius 1 is 1.09 bits per heavy atom. The zero-order chi connectivity index (χ0) is 16.6. The Morgan fingerprint density at radius 2 is 1.78 bits per heavy atom. The van der Waals surface area contributed by atoms with E-state index in [1.807, 2.05) is 50.2 Å². The van der Waals surface area contributed by atoms with Gasteiger partial charge in [0, 0.05) is 11.6 Å². The Kier molecular flexibility index (Phi) is 4.50. The van der Waals surface area contributed by atoms with Crippen LogP contribution in [-0.2, 0) is 10.0 Å². The van der Waals surface area contributed by atoms with Gasteiger partial charge in [-0.15, -0.1) is 0 Å².